The molecule has 0 aliphatic rings. The van der Waals surface area contributed by atoms with Gasteiger partial charge in [-0.1, -0.05) is 17.9 Å². The molecular weight excluding hydrogens is 142 g/mol. The van der Waals surface area contributed by atoms with Crippen LogP contribution in [0.4, 0.5) is 0 Å². The monoisotopic (exact) mass is 153 g/mol. The van der Waals surface area contributed by atoms with Gasteiger partial charge in [0.25, 0.3) is 0 Å². The molecule has 0 heterocycles. The van der Waals surface area contributed by atoms with Crippen molar-refractivity contribution < 1.29 is 0 Å². The number of hydrogen-bond acceptors (Lipinski definition) is 2. The van der Waals surface area contributed by atoms with Crippen LogP contribution in [0.3, 0.4) is 0 Å². The summed E-state index contributed by atoms with van der Waals surface area (Å²) in [6.07, 6.45) is 1.13. The van der Waals surface area contributed by atoms with Gasteiger partial charge in [-0.2, -0.15) is 0 Å². The number of nitrogens with one attached hydrogen (secondary N) is 1. The molecule has 0 fully saturated rings. The first-order valence-corrected chi connectivity index (χ1v) is 4.47. The summed E-state index contributed by atoms with van der Waals surface area (Å²) in [7, 11) is 8.87. The van der Waals surface area contributed by atoms with Gasteiger partial charge in [0.2, 0.25) is 0 Å². The van der Waals surface area contributed by atoms with E-state index in [0.717, 1.165) is 13.0 Å². The Morgan fingerprint density at radius 2 is 2.38 bits per heavy atom. The Labute approximate surface area is 59.7 Å². The maximum atomic E-state index is 5.52. The second kappa shape index (κ2) is 5.73. The predicted octanol–water partition coefficient (Wildman–Crippen LogP) is 1.87. The molecule has 0 bridgehead atoms. The number of rotatable bonds is 4. The van der Waals surface area contributed by atoms with Crippen molar-refractivity contribution in [1.29, 1.82) is 0 Å². The van der Waals surface area contributed by atoms with E-state index < -0.39 is 0 Å². The van der Waals surface area contributed by atoms with E-state index in [-0.39, 0.29) is 0 Å². The summed E-state index contributed by atoms with van der Waals surface area (Å²) in [6, 6.07) is 0. The summed E-state index contributed by atoms with van der Waals surface area (Å²) in [6.45, 7) is 3.14. The zero-order valence-electron chi connectivity index (χ0n) is 5.28. The van der Waals surface area contributed by atoms with Crippen molar-refractivity contribution in [1.82, 2.24) is 5.32 Å². The zero-order valence-corrected chi connectivity index (χ0v) is 6.85. The lowest BCUT2D eigenvalue weighted by molar-refractivity contribution is 0.729. The minimum absolute atomic E-state index is 0.571. The van der Waals surface area contributed by atoms with Crippen LogP contribution in [0.5, 0.6) is 0 Å². The predicted molar refractivity (Wildman–Crippen MR) is 41.4 cm³/mol. The Kier molecular flexibility index (Phi) is 6.16. The molecule has 1 N–H and O–H groups in total. The van der Waals surface area contributed by atoms with E-state index in [0.29, 0.717) is 5.25 Å². The summed E-state index contributed by atoms with van der Waals surface area (Å²) in [5, 5.41) is 3.64. The molecule has 0 spiro atoms. The minimum atomic E-state index is 0.571. The Morgan fingerprint density at radius 1 is 1.75 bits per heavy atom. The van der Waals surface area contributed by atoms with Gasteiger partial charge in [-0.3, -0.25) is 0 Å². The first-order chi connectivity index (χ1) is 3.85. The Bertz CT molecular complexity index is 47.7. The molecule has 0 aliphatic carbocycles. The summed E-state index contributed by atoms with van der Waals surface area (Å²) < 4.78 is 0. The molecule has 0 radical (unpaired) electrons. The second-order valence-corrected chi connectivity index (χ2v) is 3.06. The van der Waals surface area contributed by atoms with Gasteiger partial charge >= 0.3 is 0 Å². The molecule has 0 aliphatic heterocycles. The van der Waals surface area contributed by atoms with Crippen molar-refractivity contribution in [3.05, 3.63) is 0 Å². The van der Waals surface area contributed by atoms with Gasteiger partial charge in [0.1, 0.15) is 0 Å². The molecule has 1 unspecified atom stereocenters. The van der Waals surface area contributed by atoms with Crippen molar-refractivity contribution in [2.75, 3.05) is 13.6 Å². The second-order valence-electron chi connectivity index (χ2n) is 1.68. The average molecular weight is 154 g/mol. The lowest BCUT2D eigenvalue weighted by Gasteiger charge is -2.06. The van der Waals surface area contributed by atoms with Crippen LogP contribution >= 0.6 is 21.7 Å². The lowest BCUT2D eigenvalue weighted by Crippen LogP contribution is -2.18. The minimum Gasteiger partial charge on any atom is -0.319 e. The summed E-state index contributed by atoms with van der Waals surface area (Å²) in [5.41, 5.74) is 0. The lowest BCUT2D eigenvalue weighted by atomic mass is 10.3. The third kappa shape index (κ3) is 3.58. The Hall–Kier alpha value is 0.600. The van der Waals surface area contributed by atoms with Crippen molar-refractivity contribution in [3.63, 3.8) is 0 Å². The summed E-state index contributed by atoms with van der Waals surface area (Å²) in [4.78, 5) is 0. The van der Waals surface area contributed by atoms with E-state index in [4.69, 9.17) is 10.7 Å². The summed E-state index contributed by atoms with van der Waals surface area (Å²) in [5.74, 6) is 0. The normalized spacial score (nSPS) is 13.9. The van der Waals surface area contributed by atoms with E-state index in [2.05, 4.69) is 12.2 Å². The fraction of sp³-hybridized carbons (Fsp3) is 1.00. The standard InChI is InChI=1S/C5H12ClNS/c1-3-5(8-6)4-7-2/h5,7H,3-4H2,1-2H3. The molecule has 0 saturated heterocycles. The quantitative estimate of drug-likeness (QED) is 0.662. The van der Waals surface area contributed by atoms with Crippen LogP contribution in [0, 0.1) is 0 Å². The zero-order chi connectivity index (χ0) is 6.41. The highest BCUT2D eigenvalue weighted by Crippen LogP contribution is 2.16. The van der Waals surface area contributed by atoms with Crippen molar-refractivity contribution in [2.24, 2.45) is 0 Å². The third-order valence-corrected chi connectivity index (χ3v) is 2.52. The molecule has 0 aromatic rings. The molecule has 50 valence electrons. The van der Waals surface area contributed by atoms with Crippen LogP contribution in [0.15, 0.2) is 0 Å². The van der Waals surface area contributed by atoms with E-state index in [1.807, 2.05) is 7.05 Å². The molecule has 0 rings (SSSR count). The molecule has 1 atom stereocenters. The smallest absolute Gasteiger partial charge is 0.0321 e. The van der Waals surface area contributed by atoms with Crippen LogP contribution in [0.1, 0.15) is 13.3 Å². The molecule has 0 aromatic heterocycles. The fourth-order valence-corrected chi connectivity index (χ4v) is 1.39. The van der Waals surface area contributed by atoms with E-state index in [9.17, 15) is 0 Å². The highest BCUT2D eigenvalue weighted by atomic mass is 35.7. The van der Waals surface area contributed by atoms with Crippen molar-refractivity contribution in [2.45, 2.75) is 18.6 Å². The SMILES string of the molecule is CCC(CNC)SCl. The molecule has 8 heavy (non-hydrogen) atoms. The number of halogens is 1. The molecule has 3 heteroatoms. The molecular formula is C5H12ClNS. The van der Waals surface area contributed by atoms with Gasteiger partial charge in [-0.25, -0.2) is 0 Å². The Morgan fingerprint density at radius 3 is 2.50 bits per heavy atom. The van der Waals surface area contributed by atoms with E-state index in [1.54, 1.807) is 0 Å². The number of hydrogen-bond donors (Lipinski definition) is 1. The van der Waals surface area contributed by atoms with Crippen molar-refractivity contribution >= 4 is 21.7 Å². The van der Waals surface area contributed by atoms with Gasteiger partial charge in [-0.05, 0) is 24.2 Å². The van der Waals surface area contributed by atoms with Crippen LogP contribution in [-0.2, 0) is 0 Å². The molecule has 1 nitrogen and oxygen atoms in total. The van der Waals surface area contributed by atoms with Gasteiger partial charge in [0.15, 0.2) is 0 Å². The Balaban J connectivity index is 3.07. The fourth-order valence-electron chi connectivity index (χ4n) is 0.466. The molecule has 0 amide bonds. The molecule has 0 aromatic carbocycles. The first-order valence-electron chi connectivity index (χ1n) is 2.77. The molecule has 0 saturated carbocycles. The first kappa shape index (κ1) is 8.60. The van der Waals surface area contributed by atoms with Crippen LogP contribution in [0.2, 0.25) is 0 Å². The van der Waals surface area contributed by atoms with Gasteiger partial charge in [0, 0.05) is 11.8 Å². The van der Waals surface area contributed by atoms with E-state index in [1.165, 1.54) is 11.0 Å². The van der Waals surface area contributed by atoms with Crippen LogP contribution < -0.4 is 5.32 Å². The average Bonchev–Trinajstić information content (AvgIpc) is 1.83. The highest BCUT2D eigenvalue weighted by Gasteiger charge is 2.01. The van der Waals surface area contributed by atoms with Gasteiger partial charge in [-0.15, -0.1) is 0 Å². The van der Waals surface area contributed by atoms with Crippen molar-refractivity contribution in [3.8, 4) is 0 Å². The van der Waals surface area contributed by atoms with E-state index >= 15 is 0 Å². The van der Waals surface area contributed by atoms with Crippen LogP contribution in [0.25, 0.3) is 0 Å². The van der Waals surface area contributed by atoms with Crippen LogP contribution in [-0.4, -0.2) is 18.8 Å². The maximum Gasteiger partial charge on any atom is 0.0321 e. The largest absolute Gasteiger partial charge is 0.319 e. The van der Waals surface area contributed by atoms with Gasteiger partial charge < -0.3 is 5.32 Å². The topological polar surface area (TPSA) is 12.0 Å². The maximum absolute atomic E-state index is 5.52. The highest BCUT2D eigenvalue weighted by molar-refractivity contribution is 8.21. The summed E-state index contributed by atoms with van der Waals surface area (Å²) >= 11 is 0. The third-order valence-electron chi connectivity index (χ3n) is 1.01. The van der Waals surface area contributed by atoms with Gasteiger partial charge in [0.05, 0.1) is 0 Å².